The van der Waals surface area contributed by atoms with Gasteiger partial charge in [0, 0.05) is 32.9 Å². The molecule has 0 saturated heterocycles. The van der Waals surface area contributed by atoms with Gasteiger partial charge in [-0.3, -0.25) is 9.79 Å². The zero-order valence-corrected chi connectivity index (χ0v) is 25.4. The van der Waals surface area contributed by atoms with Crippen LogP contribution in [0.4, 0.5) is 17.1 Å². The average Bonchev–Trinajstić information content (AvgIpc) is 2.99. The summed E-state index contributed by atoms with van der Waals surface area (Å²) in [5, 5.41) is 29.2. The van der Waals surface area contributed by atoms with Crippen molar-refractivity contribution in [2.45, 2.75) is 76.5 Å². The van der Waals surface area contributed by atoms with Gasteiger partial charge in [-0.2, -0.15) is 0 Å². The number of hydrogen-bond acceptors (Lipinski definition) is 6. The van der Waals surface area contributed by atoms with Crippen molar-refractivity contribution in [2.24, 2.45) is 16.8 Å². The van der Waals surface area contributed by atoms with E-state index in [9.17, 15) is 9.90 Å². The Kier molecular flexibility index (Phi) is 5.40. The molecule has 2 atom stereocenters. The van der Waals surface area contributed by atoms with Gasteiger partial charge in [0.1, 0.15) is 17.1 Å². The zero-order valence-electron chi connectivity index (χ0n) is 25.4. The van der Waals surface area contributed by atoms with Crippen LogP contribution in [-0.2, 0) is 4.79 Å². The minimum atomic E-state index is -0.358. The van der Waals surface area contributed by atoms with E-state index in [-0.39, 0.29) is 22.9 Å². The quantitative estimate of drug-likeness (QED) is 0.188. The lowest BCUT2D eigenvalue weighted by Crippen LogP contribution is -2.53. The molecule has 44 heavy (non-hydrogen) atoms. The Balaban J connectivity index is 1.26. The maximum atomic E-state index is 14.3. The van der Waals surface area contributed by atoms with Crippen LogP contribution in [0.2, 0.25) is 0 Å². The molecule has 0 bridgehead atoms. The Labute approximate surface area is 257 Å². The molecule has 4 N–H and O–H groups in total. The average molecular weight is 583 g/mol. The fourth-order valence-electron chi connectivity index (χ4n) is 9.23. The van der Waals surface area contributed by atoms with E-state index in [2.05, 4.69) is 72.3 Å². The Morgan fingerprint density at radius 3 is 2.18 bits per heavy atom. The number of rotatable bonds is 1. The molecule has 6 heteroatoms. The summed E-state index contributed by atoms with van der Waals surface area (Å²) < 4.78 is 0. The third kappa shape index (κ3) is 3.66. The first-order chi connectivity index (χ1) is 21.3. The fraction of sp³-hybridized carbons (Fsp3) is 0.368. The Morgan fingerprint density at radius 2 is 1.45 bits per heavy atom. The van der Waals surface area contributed by atoms with Crippen LogP contribution in [0.15, 0.2) is 71.4 Å². The summed E-state index contributed by atoms with van der Waals surface area (Å²) in [5.74, 6) is 1.10. The van der Waals surface area contributed by atoms with Gasteiger partial charge in [0.25, 0.3) is 0 Å². The van der Waals surface area contributed by atoms with Crippen LogP contribution in [0.5, 0.6) is 0 Å². The number of hydrogen-bond donors (Lipinski definition) is 4. The summed E-state index contributed by atoms with van der Waals surface area (Å²) in [6.07, 6.45) is 8.62. The summed E-state index contributed by atoms with van der Waals surface area (Å²) in [6, 6.07) is 20.8. The number of aliphatic hydroxyl groups excluding tert-OH is 1. The molecule has 5 aliphatic rings. The minimum absolute atomic E-state index is 0.0716. The molecule has 0 aromatic heterocycles. The van der Waals surface area contributed by atoms with Crippen LogP contribution in [0.25, 0.3) is 32.7 Å². The van der Waals surface area contributed by atoms with E-state index in [4.69, 9.17) is 4.99 Å². The molecule has 222 valence electrons. The fourth-order valence-corrected chi connectivity index (χ4v) is 9.23. The maximum absolute atomic E-state index is 14.3. The molecule has 6 nitrogen and oxygen atoms in total. The van der Waals surface area contributed by atoms with Crippen LogP contribution in [0.3, 0.4) is 0 Å². The minimum Gasteiger partial charge on any atom is -0.506 e. The van der Waals surface area contributed by atoms with Crippen molar-refractivity contribution < 1.29 is 9.90 Å². The van der Waals surface area contributed by atoms with Gasteiger partial charge in [-0.05, 0) is 79.7 Å². The van der Waals surface area contributed by atoms with E-state index in [0.717, 1.165) is 93.3 Å². The molecule has 4 aromatic carbocycles. The van der Waals surface area contributed by atoms with Gasteiger partial charge < -0.3 is 21.1 Å². The van der Waals surface area contributed by atoms with Crippen LogP contribution in [0.1, 0.15) is 70.8 Å². The number of Topliss-reactive ketones (excluding diaryl/α,β-unsaturated/α-hetero) is 1. The molecule has 4 aromatic rings. The highest BCUT2D eigenvalue weighted by atomic mass is 16.3. The highest BCUT2D eigenvalue weighted by Crippen LogP contribution is 2.50. The second-order valence-electron chi connectivity index (χ2n) is 14.2. The third-order valence-corrected chi connectivity index (χ3v) is 10.8. The van der Waals surface area contributed by atoms with Gasteiger partial charge >= 0.3 is 0 Å². The topological polar surface area (TPSA) is 85.8 Å². The highest BCUT2D eigenvalue weighted by Gasteiger charge is 2.44. The number of allylic oxidation sites excluding steroid dienone is 2. The SMILES string of the molecule is CC1CC(C)CC2(C1)Nc1cccc3ccc(C4=C(O)/C(=c5\ccc6cccc7c6c5=NC5(CCCCC5)N7)C4=O)c(c13)N2. The second-order valence-corrected chi connectivity index (χ2v) is 14.2. The van der Waals surface area contributed by atoms with Crippen LogP contribution in [0, 0.1) is 11.8 Å². The molecule has 2 heterocycles. The van der Waals surface area contributed by atoms with Crippen molar-refractivity contribution in [3.63, 3.8) is 0 Å². The largest absolute Gasteiger partial charge is 0.506 e. The van der Waals surface area contributed by atoms with Gasteiger partial charge in [0.15, 0.2) is 0 Å². The summed E-state index contributed by atoms with van der Waals surface area (Å²) in [4.78, 5) is 19.6. The lowest BCUT2D eigenvalue weighted by molar-refractivity contribution is -0.109. The van der Waals surface area contributed by atoms with E-state index in [0.29, 0.717) is 23.0 Å². The molecular formula is C38H38N4O2. The Morgan fingerprint density at radius 1 is 0.773 bits per heavy atom. The van der Waals surface area contributed by atoms with E-state index < -0.39 is 0 Å². The van der Waals surface area contributed by atoms with E-state index in [1.165, 1.54) is 12.8 Å². The number of nitrogens with zero attached hydrogens (tertiary/aromatic N) is 1. The van der Waals surface area contributed by atoms with Gasteiger partial charge in [-0.1, -0.05) is 68.8 Å². The summed E-state index contributed by atoms with van der Waals surface area (Å²) in [7, 11) is 0. The number of nitrogens with one attached hydrogen (secondary N) is 3. The molecule has 2 spiro atoms. The van der Waals surface area contributed by atoms with Gasteiger partial charge in [0.05, 0.1) is 22.2 Å². The van der Waals surface area contributed by atoms with Crippen LogP contribution in [-0.4, -0.2) is 22.2 Å². The molecular weight excluding hydrogens is 544 g/mol. The van der Waals surface area contributed by atoms with Crippen LogP contribution >= 0.6 is 0 Å². The predicted molar refractivity (Wildman–Crippen MR) is 178 cm³/mol. The first-order valence-corrected chi connectivity index (χ1v) is 16.4. The lowest BCUT2D eigenvalue weighted by Gasteiger charge is -2.48. The number of carbonyl (C=O) groups is 1. The second kappa shape index (κ2) is 9.10. The monoisotopic (exact) mass is 582 g/mol. The van der Waals surface area contributed by atoms with Gasteiger partial charge in [0.2, 0.25) is 5.78 Å². The predicted octanol–water partition coefficient (Wildman–Crippen LogP) is 7.39. The molecule has 2 aliphatic heterocycles. The standard InChI is InChI=1S/C38H38N4O2/c1-21-18-22(2)20-38(19-21)40-28-11-7-9-24-13-15-26(34(42-38)30(24)28)32-35(43)31(36(32)44)25-14-12-23-8-6-10-27-29(23)33(25)41-37(39-27)16-4-3-5-17-37/h6-15,21-22,39-40,42-43H,3-5,16-20H2,1-2H3/b31-25-. The first-order valence-electron chi connectivity index (χ1n) is 16.4. The van der Waals surface area contributed by atoms with E-state index in [1.54, 1.807) is 0 Å². The van der Waals surface area contributed by atoms with E-state index in [1.807, 2.05) is 18.2 Å². The number of carbonyl (C=O) groups excluding carboxylic acids is 1. The van der Waals surface area contributed by atoms with Gasteiger partial charge in [-0.25, -0.2) is 0 Å². The molecule has 3 aliphatic carbocycles. The Bertz CT molecular complexity index is 2080. The van der Waals surface area contributed by atoms with Crippen molar-refractivity contribution in [1.82, 2.24) is 0 Å². The summed E-state index contributed by atoms with van der Waals surface area (Å²) in [5.41, 5.74) is 4.02. The highest BCUT2D eigenvalue weighted by molar-refractivity contribution is 6.52. The van der Waals surface area contributed by atoms with Crippen molar-refractivity contribution in [3.05, 3.63) is 82.6 Å². The van der Waals surface area contributed by atoms with Gasteiger partial charge in [-0.15, -0.1) is 0 Å². The molecule has 0 amide bonds. The summed E-state index contributed by atoms with van der Waals surface area (Å²) >= 11 is 0. The number of benzene rings is 4. The molecule has 2 unspecified atom stereocenters. The van der Waals surface area contributed by atoms with E-state index >= 15 is 0 Å². The third-order valence-electron chi connectivity index (χ3n) is 10.8. The first kappa shape index (κ1) is 26.1. The van der Waals surface area contributed by atoms with Crippen LogP contribution < -0.4 is 26.5 Å². The summed E-state index contributed by atoms with van der Waals surface area (Å²) in [6.45, 7) is 4.65. The number of aliphatic hydroxyl groups is 1. The molecule has 2 fully saturated rings. The van der Waals surface area contributed by atoms with Crippen molar-refractivity contribution >= 4 is 55.5 Å². The molecule has 2 saturated carbocycles. The maximum Gasteiger partial charge on any atom is 0.201 e. The zero-order chi connectivity index (χ0) is 29.8. The van der Waals surface area contributed by atoms with Crippen molar-refractivity contribution in [2.75, 3.05) is 16.0 Å². The smallest absolute Gasteiger partial charge is 0.201 e. The van der Waals surface area contributed by atoms with Crippen molar-refractivity contribution in [1.29, 1.82) is 0 Å². The molecule has 0 radical (unpaired) electrons. The lowest BCUT2D eigenvalue weighted by atomic mass is 9.74. The number of ketones is 1. The number of anilines is 3. The Hall–Kier alpha value is -4.32. The van der Waals surface area contributed by atoms with Crippen molar-refractivity contribution in [3.8, 4) is 0 Å². The molecule has 9 rings (SSSR count). The normalized spacial score (nSPS) is 27.9.